The largest absolute Gasteiger partial charge is 0.294 e. The molecule has 92 heavy (non-hydrogen) atoms. The van der Waals surface area contributed by atoms with Crippen LogP contribution in [0.3, 0.4) is 0 Å². The van der Waals surface area contributed by atoms with Crippen LogP contribution in [0.2, 0.25) is 0 Å². The van der Waals surface area contributed by atoms with E-state index in [9.17, 15) is 0 Å². The van der Waals surface area contributed by atoms with E-state index in [1.165, 1.54) is 146 Å². The summed E-state index contributed by atoms with van der Waals surface area (Å²) < 4.78 is 18.9. The lowest BCUT2D eigenvalue weighted by Gasteiger charge is -2.21. The molecule has 8 nitrogen and oxygen atoms in total. The monoisotopic (exact) mass is 1210 g/mol. The second-order valence-corrected chi connectivity index (χ2v) is 27.7. The Morgan fingerprint density at radius 1 is 0.283 bits per heavy atom. The minimum atomic E-state index is 0.482. The molecular weight excluding hydrogens is 1120 g/mol. The molecule has 4 aromatic heterocycles. The van der Waals surface area contributed by atoms with Crippen LogP contribution in [0, 0.1) is 34.6 Å². The highest BCUT2D eigenvalue weighted by atomic mass is 15.2. The van der Waals surface area contributed by atoms with Crippen molar-refractivity contribution in [2.45, 2.75) is 160 Å². The van der Waals surface area contributed by atoms with Crippen molar-refractivity contribution in [3.8, 4) is 68.3 Å². The van der Waals surface area contributed by atoms with Crippen LogP contribution in [0.1, 0.15) is 177 Å². The van der Waals surface area contributed by atoms with Crippen LogP contribution in [0.4, 0.5) is 0 Å². The van der Waals surface area contributed by atoms with Crippen molar-refractivity contribution in [1.29, 1.82) is 0 Å². The number of imidazole rings is 4. The summed E-state index contributed by atoms with van der Waals surface area (Å²) in [6.07, 6.45) is 17.7. The number of aryl methyl sites for hydroxylation is 5. The fourth-order valence-corrected chi connectivity index (χ4v) is 15.0. The summed E-state index contributed by atoms with van der Waals surface area (Å²) in [6, 6.07) is 57.6. The number of benzene rings is 8. The zero-order valence-electron chi connectivity index (χ0n) is 56.9. The van der Waals surface area contributed by atoms with Gasteiger partial charge in [-0.05, 0) is 116 Å². The van der Waals surface area contributed by atoms with Crippen LogP contribution in [0.15, 0.2) is 207 Å². The maximum Gasteiger partial charge on any atom is 0.294 e. The van der Waals surface area contributed by atoms with Crippen molar-refractivity contribution in [3.63, 3.8) is 0 Å². The third-order valence-electron chi connectivity index (χ3n) is 19.5. The number of rotatable bonds is 9. The average Bonchev–Trinajstić information content (AvgIpc) is 1.59. The molecule has 8 aromatic carbocycles. The third kappa shape index (κ3) is 11.1. The molecule has 0 saturated carbocycles. The Morgan fingerprint density at radius 3 is 0.880 bits per heavy atom. The summed E-state index contributed by atoms with van der Waals surface area (Å²) in [5.41, 5.74) is 30.2. The van der Waals surface area contributed by atoms with Gasteiger partial charge in [-0.25, -0.2) is 18.3 Å². The van der Waals surface area contributed by atoms with Gasteiger partial charge in [0.15, 0.2) is 0 Å². The summed E-state index contributed by atoms with van der Waals surface area (Å²) in [5.74, 6) is 7.70. The Morgan fingerprint density at radius 2 is 0.565 bits per heavy atom. The SMILES string of the molecule is CC(C)c1cc(C(C)C)c(-n2cc[n+]3c2-c2ccccc2C3)c(C(C)C)c1.CC(C)c1cccc(C(C)C)c1-n1cc[n+]2c1-c1ccccc1C2.Cc1cc(C)c(-n2cc[n+]3c2-c2ccccc2C3)c(C)c1.Cc1cccc(C)c1-n1cc[n+]2c1-c1ccccc1C2. The van der Waals surface area contributed by atoms with Gasteiger partial charge in [0, 0.05) is 44.5 Å². The van der Waals surface area contributed by atoms with E-state index in [4.69, 9.17) is 0 Å². The maximum absolute atomic E-state index is 2.45. The predicted molar refractivity (Wildman–Crippen MR) is 376 cm³/mol. The minimum absolute atomic E-state index is 0.482. The summed E-state index contributed by atoms with van der Waals surface area (Å²) >= 11 is 0. The zero-order valence-corrected chi connectivity index (χ0v) is 56.9. The molecule has 4 aliphatic heterocycles. The molecule has 0 aliphatic carbocycles. The normalized spacial score (nSPS) is 12.6. The fraction of sp³-hybridized carbons (Fsp3) is 0.286. The summed E-state index contributed by atoms with van der Waals surface area (Å²) in [5, 5.41) is 0. The Kier molecular flexibility index (Phi) is 16.7. The van der Waals surface area contributed by atoms with Crippen LogP contribution in [0.25, 0.3) is 68.3 Å². The first-order chi connectivity index (χ1) is 44.4. The van der Waals surface area contributed by atoms with Crippen molar-refractivity contribution in [1.82, 2.24) is 18.3 Å². The van der Waals surface area contributed by atoms with E-state index in [-0.39, 0.29) is 0 Å². The van der Waals surface area contributed by atoms with Crippen molar-refractivity contribution in [2.24, 2.45) is 0 Å². The van der Waals surface area contributed by atoms with Crippen molar-refractivity contribution < 1.29 is 18.3 Å². The highest BCUT2D eigenvalue weighted by molar-refractivity contribution is 5.69. The highest BCUT2D eigenvalue weighted by Gasteiger charge is 2.36. The highest BCUT2D eigenvalue weighted by Crippen LogP contribution is 2.40. The number of aromatic nitrogens is 8. The van der Waals surface area contributed by atoms with Gasteiger partial charge in [0.1, 0.15) is 98.5 Å². The van der Waals surface area contributed by atoms with Crippen LogP contribution in [-0.2, 0) is 26.2 Å². The van der Waals surface area contributed by atoms with Crippen molar-refractivity contribution >= 4 is 0 Å². The topological polar surface area (TPSA) is 35.2 Å². The number of para-hydroxylation sites is 2. The standard InChI is InChI=1S/C25H31N2.C22H25N2.C19H19N2.C18H17N2/c1-16(2)20-13-22(17(3)4)24(23(14-20)18(5)6)27-12-11-26-15-19-9-7-8-10-21(19)25(26)27;1-15(2)18-10-7-11-19(16(3)4)21(18)24-13-12-23-14-17-8-5-6-9-20(17)22(23)24;1-13-10-14(2)18(15(3)11-13)21-9-8-20-12-16-6-4-5-7-17(16)19(20)21;1-13-6-5-7-14(2)17(13)20-11-10-19-12-15-8-3-4-9-16(15)18(19)20/h7-14,16-18H,15H2,1-6H3;5-13,15-16H,14H2,1-4H3;4-11H,12H2,1-3H3;3-11H,12H2,1-2H3/q4*+1. The first-order valence-electron chi connectivity index (χ1n) is 33.6. The Balaban J connectivity index is 0.000000113. The predicted octanol–water partition coefficient (Wildman–Crippen LogP) is 18.3. The van der Waals surface area contributed by atoms with Gasteiger partial charge in [0.25, 0.3) is 23.3 Å². The number of nitrogens with zero attached hydrogens (tertiary/aromatic N) is 8. The Bertz CT molecular complexity index is 4660. The Labute approximate surface area is 546 Å². The molecule has 0 radical (unpaired) electrons. The summed E-state index contributed by atoms with van der Waals surface area (Å²) in [7, 11) is 0. The zero-order chi connectivity index (χ0) is 64.4. The van der Waals surface area contributed by atoms with E-state index < -0.39 is 0 Å². The number of hydrogen-bond donors (Lipinski definition) is 0. The molecule has 16 rings (SSSR count). The lowest BCUT2D eigenvalue weighted by atomic mass is 9.87. The molecule has 12 aromatic rings. The van der Waals surface area contributed by atoms with Gasteiger partial charge < -0.3 is 0 Å². The molecule has 0 fully saturated rings. The van der Waals surface area contributed by atoms with Crippen LogP contribution < -0.4 is 18.3 Å². The molecule has 0 spiro atoms. The molecule has 8 heteroatoms. The van der Waals surface area contributed by atoms with E-state index in [0.717, 1.165) is 26.2 Å². The molecular formula is C84H92N8+4. The first-order valence-corrected chi connectivity index (χ1v) is 33.6. The second kappa shape index (κ2) is 25.0. The minimum Gasteiger partial charge on any atom is -0.225 e. The molecule has 464 valence electrons. The van der Waals surface area contributed by atoms with E-state index in [1.54, 1.807) is 0 Å². The van der Waals surface area contributed by atoms with Gasteiger partial charge >= 0.3 is 0 Å². The van der Waals surface area contributed by atoms with Crippen LogP contribution >= 0.6 is 0 Å². The molecule has 8 heterocycles. The van der Waals surface area contributed by atoms with E-state index in [2.05, 4.69) is 348 Å². The second-order valence-electron chi connectivity index (χ2n) is 27.7. The van der Waals surface area contributed by atoms with E-state index in [0.29, 0.717) is 29.6 Å². The average molecular weight is 1210 g/mol. The van der Waals surface area contributed by atoms with Gasteiger partial charge in [0.2, 0.25) is 0 Å². The third-order valence-corrected chi connectivity index (χ3v) is 19.5. The van der Waals surface area contributed by atoms with Gasteiger partial charge in [-0.2, -0.15) is 18.3 Å². The van der Waals surface area contributed by atoms with Gasteiger partial charge in [-0.3, -0.25) is 0 Å². The van der Waals surface area contributed by atoms with Crippen molar-refractivity contribution in [2.75, 3.05) is 0 Å². The lowest BCUT2D eigenvalue weighted by Crippen LogP contribution is -2.30. The summed E-state index contributed by atoms with van der Waals surface area (Å²) in [6.45, 7) is 37.8. The molecule has 0 atom stereocenters. The maximum atomic E-state index is 2.45. The Hall–Kier alpha value is -9.40. The van der Waals surface area contributed by atoms with Crippen molar-refractivity contribution in [3.05, 3.63) is 285 Å². The van der Waals surface area contributed by atoms with Gasteiger partial charge in [-0.1, -0.05) is 208 Å². The number of fused-ring (bicyclic) bond motifs is 12. The smallest absolute Gasteiger partial charge is 0.225 e. The fourth-order valence-electron chi connectivity index (χ4n) is 15.0. The van der Waals surface area contributed by atoms with E-state index in [1.807, 2.05) is 0 Å². The molecule has 0 saturated heterocycles. The van der Waals surface area contributed by atoms with Gasteiger partial charge in [-0.15, -0.1) is 0 Å². The first kappa shape index (κ1) is 61.5. The molecule has 0 N–H and O–H groups in total. The van der Waals surface area contributed by atoms with Gasteiger partial charge in [0.05, 0.1) is 22.3 Å². The van der Waals surface area contributed by atoms with Crippen LogP contribution in [-0.4, -0.2) is 18.3 Å². The lowest BCUT2D eigenvalue weighted by molar-refractivity contribution is -0.671. The molecule has 0 amide bonds. The quantitative estimate of drug-likeness (QED) is 0.129. The molecule has 0 unspecified atom stereocenters. The van der Waals surface area contributed by atoms with Crippen LogP contribution in [0.5, 0.6) is 0 Å². The summed E-state index contributed by atoms with van der Waals surface area (Å²) in [4.78, 5) is 0. The molecule has 0 bridgehead atoms. The molecule has 4 aliphatic rings. The number of hydrogen-bond acceptors (Lipinski definition) is 0. The van der Waals surface area contributed by atoms with E-state index >= 15 is 0 Å².